The summed E-state index contributed by atoms with van der Waals surface area (Å²) in [6.45, 7) is 1.80. The molecule has 126 valence electrons. The van der Waals surface area contributed by atoms with Gasteiger partial charge in [0.25, 0.3) is 0 Å². The van der Waals surface area contributed by atoms with Gasteiger partial charge in [0.05, 0.1) is 21.2 Å². The van der Waals surface area contributed by atoms with Crippen LogP contribution in [0.15, 0.2) is 28.9 Å². The zero-order valence-electron chi connectivity index (χ0n) is 12.1. The van der Waals surface area contributed by atoms with E-state index in [-0.39, 0.29) is 21.6 Å². The molecule has 1 unspecified atom stereocenters. The predicted octanol–water partition coefficient (Wildman–Crippen LogP) is 5.19. The molecule has 3 rings (SSSR count). The molecule has 0 amide bonds. The van der Waals surface area contributed by atoms with Gasteiger partial charge in [-0.1, -0.05) is 23.4 Å². The van der Waals surface area contributed by atoms with Crippen molar-refractivity contribution in [1.29, 1.82) is 0 Å². The van der Waals surface area contributed by atoms with Crippen LogP contribution in [-0.2, 0) is 6.18 Å². The van der Waals surface area contributed by atoms with Gasteiger partial charge in [-0.05, 0) is 13.0 Å². The second-order valence-electron chi connectivity index (χ2n) is 4.91. The maximum atomic E-state index is 13.1. The molecular weight excluding hydrogens is 381 g/mol. The van der Waals surface area contributed by atoms with Gasteiger partial charge in [0.2, 0.25) is 0 Å². The number of halogens is 4. The molecule has 0 spiro atoms. The fourth-order valence-electron chi connectivity index (χ4n) is 2.08. The van der Waals surface area contributed by atoms with Crippen molar-refractivity contribution in [1.82, 2.24) is 15.0 Å². The lowest BCUT2D eigenvalue weighted by Gasteiger charge is -2.11. The zero-order valence-corrected chi connectivity index (χ0v) is 14.5. The monoisotopic (exact) mass is 390 g/mol. The molecule has 0 saturated heterocycles. The van der Waals surface area contributed by atoms with Crippen LogP contribution in [0.1, 0.15) is 23.4 Å². The van der Waals surface area contributed by atoms with Gasteiger partial charge >= 0.3 is 6.18 Å². The summed E-state index contributed by atoms with van der Waals surface area (Å²) in [5.74, 6) is 0.227. The molecule has 0 fully saturated rings. The van der Waals surface area contributed by atoms with E-state index in [4.69, 9.17) is 17.3 Å². The number of fused-ring (bicyclic) bond motifs is 1. The number of hydrogen-bond acceptors (Lipinski definition) is 6. The van der Waals surface area contributed by atoms with Crippen molar-refractivity contribution in [3.8, 4) is 0 Å². The van der Waals surface area contributed by atoms with Gasteiger partial charge in [0.15, 0.2) is 5.16 Å². The number of rotatable bonds is 3. The summed E-state index contributed by atoms with van der Waals surface area (Å²) in [6, 6.07) is 2.88. The third kappa shape index (κ3) is 3.57. The lowest BCUT2D eigenvalue weighted by molar-refractivity contribution is -0.136. The molecule has 3 heterocycles. The molecule has 1 atom stereocenters. The van der Waals surface area contributed by atoms with Crippen molar-refractivity contribution in [3.05, 3.63) is 40.1 Å². The highest BCUT2D eigenvalue weighted by Crippen LogP contribution is 2.40. The average molecular weight is 391 g/mol. The van der Waals surface area contributed by atoms with Crippen molar-refractivity contribution in [2.24, 2.45) is 0 Å². The molecule has 2 N–H and O–H groups in total. The van der Waals surface area contributed by atoms with E-state index in [1.54, 1.807) is 6.92 Å². The van der Waals surface area contributed by atoms with E-state index in [0.717, 1.165) is 16.7 Å². The Balaban J connectivity index is 1.93. The molecule has 0 radical (unpaired) electrons. The number of anilines is 1. The van der Waals surface area contributed by atoms with Gasteiger partial charge in [-0.2, -0.15) is 13.2 Å². The first-order valence-electron chi connectivity index (χ1n) is 6.65. The summed E-state index contributed by atoms with van der Waals surface area (Å²) >= 11 is 8.07. The van der Waals surface area contributed by atoms with Crippen molar-refractivity contribution in [2.45, 2.75) is 23.5 Å². The van der Waals surface area contributed by atoms with Crippen molar-refractivity contribution >= 4 is 50.6 Å². The predicted molar refractivity (Wildman–Crippen MR) is 90.3 cm³/mol. The van der Waals surface area contributed by atoms with Crippen molar-refractivity contribution < 1.29 is 13.2 Å². The molecule has 24 heavy (non-hydrogen) atoms. The molecule has 10 heteroatoms. The first kappa shape index (κ1) is 17.2. The van der Waals surface area contributed by atoms with E-state index in [1.807, 2.05) is 0 Å². The Morgan fingerprint density at radius 3 is 2.71 bits per heavy atom. The fourth-order valence-corrected chi connectivity index (χ4v) is 4.11. The SMILES string of the molecule is CC(Sc1nc(N)cc(Cl)n1)c1cc2c(C(F)(F)F)csc2cn1. The fraction of sp³-hybridized carbons (Fsp3) is 0.214. The number of nitrogens with two attached hydrogens (primary N) is 1. The smallest absolute Gasteiger partial charge is 0.384 e. The number of nitrogen functional groups attached to an aromatic ring is 1. The summed E-state index contributed by atoms with van der Waals surface area (Å²) in [5, 5.41) is 1.53. The number of pyridine rings is 1. The summed E-state index contributed by atoms with van der Waals surface area (Å²) in [4.78, 5) is 12.3. The van der Waals surface area contributed by atoms with Gasteiger partial charge in [-0.3, -0.25) is 4.98 Å². The van der Waals surface area contributed by atoms with Gasteiger partial charge in [0.1, 0.15) is 11.0 Å². The minimum absolute atomic E-state index is 0.150. The highest BCUT2D eigenvalue weighted by Gasteiger charge is 2.33. The topological polar surface area (TPSA) is 64.7 Å². The largest absolute Gasteiger partial charge is 0.417 e. The van der Waals surface area contributed by atoms with E-state index < -0.39 is 11.7 Å². The summed E-state index contributed by atoms with van der Waals surface area (Å²) in [6.07, 6.45) is -2.94. The molecule has 0 aliphatic rings. The summed E-state index contributed by atoms with van der Waals surface area (Å²) in [5.41, 5.74) is 5.47. The molecule has 0 aromatic carbocycles. The highest BCUT2D eigenvalue weighted by atomic mass is 35.5. The maximum absolute atomic E-state index is 13.1. The Morgan fingerprint density at radius 2 is 2.04 bits per heavy atom. The van der Waals surface area contributed by atoms with Crippen LogP contribution in [0.2, 0.25) is 5.15 Å². The summed E-state index contributed by atoms with van der Waals surface area (Å²) in [7, 11) is 0. The van der Waals surface area contributed by atoms with Crippen LogP contribution in [0, 0.1) is 0 Å². The first-order chi connectivity index (χ1) is 11.2. The Hall–Kier alpha value is -1.58. The van der Waals surface area contributed by atoms with E-state index in [9.17, 15) is 13.2 Å². The highest BCUT2D eigenvalue weighted by molar-refractivity contribution is 7.99. The molecule has 0 saturated carbocycles. The molecule has 0 aliphatic heterocycles. The number of nitrogens with zero attached hydrogens (tertiary/aromatic N) is 3. The summed E-state index contributed by atoms with van der Waals surface area (Å²) < 4.78 is 39.6. The third-order valence-corrected chi connectivity index (χ3v) is 5.30. The quantitative estimate of drug-likeness (QED) is 0.378. The Bertz CT molecular complexity index is 877. The molecular formula is C14H10ClF3N4S2. The Kier molecular flexibility index (Phi) is 4.58. The van der Waals surface area contributed by atoms with E-state index in [1.165, 1.54) is 30.1 Å². The molecule has 3 aromatic rings. The van der Waals surface area contributed by atoms with Crippen molar-refractivity contribution in [2.75, 3.05) is 5.73 Å². The van der Waals surface area contributed by atoms with E-state index >= 15 is 0 Å². The molecule has 3 aromatic heterocycles. The molecule has 0 bridgehead atoms. The van der Waals surface area contributed by atoms with Gasteiger partial charge < -0.3 is 5.73 Å². The number of hydrogen-bond donors (Lipinski definition) is 1. The maximum Gasteiger partial charge on any atom is 0.417 e. The minimum atomic E-state index is -4.39. The van der Waals surface area contributed by atoms with Gasteiger partial charge in [0, 0.05) is 23.0 Å². The first-order valence-corrected chi connectivity index (χ1v) is 8.79. The van der Waals surface area contributed by atoms with Gasteiger partial charge in [-0.15, -0.1) is 11.3 Å². The Labute approximate surface area is 148 Å². The minimum Gasteiger partial charge on any atom is -0.384 e. The van der Waals surface area contributed by atoms with Crippen LogP contribution < -0.4 is 5.73 Å². The Morgan fingerprint density at radius 1 is 1.29 bits per heavy atom. The number of thiophene rings is 1. The third-order valence-electron chi connectivity index (χ3n) is 3.18. The van der Waals surface area contributed by atoms with E-state index in [2.05, 4.69) is 15.0 Å². The standard InChI is InChI=1S/C14H10ClF3N4S2/c1-6(24-13-21-11(15)3-12(19)22-13)9-2-7-8(14(16,17)18)5-23-10(7)4-20-9/h2-6H,1H3,(H2,19,21,22). The lowest BCUT2D eigenvalue weighted by atomic mass is 10.1. The zero-order chi connectivity index (χ0) is 17.5. The second kappa shape index (κ2) is 6.38. The van der Waals surface area contributed by atoms with Crippen LogP contribution in [0.4, 0.5) is 19.0 Å². The number of alkyl halides is 3. The number of thioether (sulfide) groups is 1. The average Bonchev–Trinajstić information content (AvgIpc) is 2.88. The normalized spacial score (nSPS) is 13.4. The van der Waals surface area contributed by atoms with Crippen LogP contribution in [-0.4, -0.2) is 15.0 Å². The van der Waals surface area contributed by atoms with Gasteiger partial charge in [-0.25, -0.2) is 9.97 Å². The van der Waals surface area contributed by atoms with Crippen molar-refractivity contribution in [3.63, 3.8) is 0 Å². The lowest BCUT2D eigenvalue weighted by Crippen LogP contribution is -2.04. The second-order valence-corrected chi connectivity index (χ2v) is 7.52. The molecule has 0 aliphatic carbocycles. The van der Waals surface area contributed by atoms with Crippen LogP contribution in [0.25, 0.3) is 10.1 Å². The van der Waals surface area contributed by atoms with Crippen LogP contribution >= 0.6 is 34.7 Å². The van der Waals surface area contributed by atoms with Crippen LogP contribution in [0.3, 0.4) is 0 Å². The molecule has 4 nitrogen and oxygen atoms in total. The number of aromatic nitrogens is 3. The van der Waals surface area contributed by atoms with Crippen LogP contribution in [0.5, 0.6) is 0 Å². The van der Waals surface area contributed by atoms with E-state index in [0.29, 0.717) is 15.6 Å².